The van der Waals surface area contributed by atoms with Crippen molar-refractivity contribution in [2.75, 3.05) is 6.54 Å². The van der Waals surface area contributed by atoms with Crippen molar-refractivity contribution < 1.29 is 9.53 Å². The number of amides is 1. The van der Waals surface area contributed by atoms with E-state index in [0.29, 0.717) is 5.92 Å². The average Bonchev–Trinajstić information content (AvgIpc) is 3.20. The van der Waals surface area contributed by atoms with Gasteiger partial charge in [0.2, 0.25) is 5.91 Å². The van der Waals surface area contributed by atoms with Crippen LogP contribution in [0.4, 0.5) is 0 Å². The molecule has 0 heterocycles. The van der Waals surface area contributed by atoms with E-state index in [0.717, 1.165) is 17.9 Å². The van der Waals surface area contributed by atoms with Gasteiger partial charge in [-0.3, -0.25) is 10.1 Å². The highest BCUT2D eigenvalue weighted by atomic mass is 16.5. The first kappa shape index (κ1) is 14.9. The topological polar surface area (TPSA) is 64.3 Å². The zero-order valence-electron chi connectivity index (χ0n) is 12.5. The molecule has 1 amide bonds. The number of primary amides is 1. The summed E-state index contributed by atoms with van der Waals surface area (Å²) in [5.41, 5.74) is 5.65. The van der Waals surface area contributed by atoms with Gasteiger partial charge in [0.05, 0.1) is 6.10 Å². The van der Waals surface area contributed by atoms with Crippen LogP contribution >= 0.6 is 0 Å². The Bertz CT molecular complexity index is 466. The lowest BCUT2D eigenvalue weighted by molar-refractivity contribution is -0.124. The average molecular weight is 276 g/mol. The number of nitrogens with one attached hydrogen (secondary N) is 1. The number of rotatable bonds is 7. The first-order valence-corrected chi connectivity index (χ1v) is 7.24. The number of nitrogens with two attached hydrogens (primary N) is 1. The van der Waals surface area contributed by atoms with E-state index in [1.165, 1.54) is 12.8 Å². The zero-order valence-corrected chi connectivity index (χ0v) is 12.5. The molecule has 0 spiro atoms. The smallest absolute Gasteiger partial charge is 0.242 e. The number of hydrogen-bond acceptors (Lipinski definition) is 3. The summed E-state index contributed by atoms with van der Waals surface area (Å²) in [5.74, 6) is 1.14. The minimum atomic E-state index is -0.820. The second-order valence-electron chi connectivity index (χ2n) is 6.00. The zero-order chi connectivity index (χ0) is 14.8. The molecule has 0 aliphatic heterocycles. The predicted molar refractivity (Wildman–Crippen MR) is 79.5 cm³/mol. The Labute approximate surface area is 120 Å². The highest BCUT2D eigenvalue weighted by Crippen LogP contribution is 2.30. The fourth-order valence-electron chi connectivity index (χ4n) is 2.14. The van der Waals surface area contributed by atoms with E-state index in [4.69, 9.17) is 10.5 Å². The molecule has 3 N–H and O–H groups in total. The van der Waals surface area contributed by atoms with Gasteiger partial charge in [0.15, 0.2) is 0 Å². The van der Waals surface area contributed by atoms with E-state index in [1.807, 2.05) is 45.0 Å². The van der Waals surface area contributed by atoms with Gasteiger partial charge < -0.3 is 10.5 Å². The number of benzene rings is 1. The Morgan fingerprint density at radius 1 is 1.40 bits per heavy atom. The summed E-state index contributed by atoms with van der Waals surface area (Å²) in [6.45, 7) is 6.65. The van der Waals surface area contributed by atoms with Crippen molar-refractivity contribution in [2.24, 2.45) is 11.7 Å². The fraction of sp³-hybridized carbons (Fsp3) is 0.562. The summed E-state index contributed by atoms with van der Waals surface area (Å²) < 4.78 is 5.61. The molecular formula is C16H24N2O2. The van der Waals surface area contributed by atoms with E-state index in [-0.39, 0.29) is 12.0 Å². The molecule has 0 saturated heterocycles. The monoisotopic (exact) mass is 276 g/mol. The Kier molecular flexibility index (Phi) is 4.33. The van der Waals surface area contributed by atoms with E-state index < -0.39 is 5.54 Å². The molecule has 1 aromatic carbocycles. The maximum atomic E-state index is 11.8. The molecular weight excluding hydrogens is 252 g/mol. The van der Waals surface area contributed by atoms with Gasteiger partial charge in [0, 0.05) is 0 Å². The standard InChI is InChI=1S/C16H24N2O2/c1-11(2)20-14-8-6-13(7-9-14)16(3,15(17)19)18-10-12-4-5-12/h6-9,11-12,18H,4-5,10H2,1-3H3,(H2,17,19). The lowest BCUT2D eigenvalue weighted by Gasteiger charge is -2.28. The van der Waals surface area contributed by atoms with E-state index in [2.05, 4.69) is 5.32 Å². The van der Waals surface area contributed by atoms with Gasteiger partial charge in [-0.1, -0.05) is 12.1 Å². The van der Waals surface area contributed by atoms with Crippen LogP contribution in [0.5, 0.6) is 5.75 Å². The van der Waals surface area contributed by atoms with Crippen molar-refractivity contribution in [1.82, 2.24) is 5.32 Å². The largest absolute Gasteiger partial charge is 0.491 e. The Morgan fingerprint density at radius 3 is 2.45 bits per heavy atom. The minimum absolute atomic E-state index is 0.136. The van der Waals surface area contributed by atoms with Gasteiger partial charge in [-0.05, 0) is 63.8 Å². The van der Waals surface area contributed by atoms with Gasteiger partial charge in [-0.2, -0.15) is 0 Å². The number of ether oxygens (including phenoxy) is 1. The van der Waals surface area contributed by atoms with Gasteiger partial charge in [-0.25, -0.2) is 0 Å². The first-order valence-electron chi connectivity index (χ1n) is 7.24. The Hall–Kier alpha value is -1.55. The normalized spacial score (nSPS) is 17.8. The van der Waals surface area contributed by atoms with Gasteiger partial charge in [0.25, 0.3) is 0 Å². The van der Waals surface area contributed by atoms with Crippen molar-refractivity contribution in [1.29, 1.82) is 0 Å². The molecule has 110 valence electrons. The number of carbonyl (C=O) groups excluding carboxylic acids is 1. The van der Waals surface area contributed by atoms with Crippen molar-refractivity contribution in [3.05, 3.63) is 29.8 Å². The first-order chi connectivity index (χ1) is 9.41. The third kappa shape index (κ3) is 3.51. The second-order valence-corrected chi connectivity index (χ2v) is 6.00. The van der Waals surface area contributed by atoms with Crippen LogP contribution in [0.15, 0.2) is 24.3 Å². The van der Waals surface area contributed by atoms with Crippen LogP contribution in [-0.2, 0) is 10.3 Å². The molecule has 1 aliphatic carbocycles. The van der Waals surface area contributed by atoms with Crippen molar-refractivity contribution in [2.45, 2.75) is 45.3 Å². The highest BCUT2D eigenvalue weighted by Gasteiger charge is 2.34. The molecule has 2 rings (SSSR count). The molecule has 1 saturated carbocycles. The van der Waals surface area contributed by atoms with Crippen molar-refractivity contribution in [3.63, 3.8) is 0 Å². The van der Waals surface area contributed by atoms with Crippen LogP contribution in [0, 0.1) is 5.92 Å². The molecule has 4 heteroatoms. The molecule has 1 fully saturated rings. The third-order valence-corrected chi connectivity index (χ3v) is 3.74. The summed E-state index contributed by atoms with van der Waals surface area (Å²) in [6.07, 6.45) is 2.61. The van der Waals surface area contributed by atoms with Crippen LogP contribution < -0.4 is 15.8 Å². The summed E-state index contributed by atoms with van der Waals surface area (Å²) in [5, 5.41) is 3.32. The second kappa shape index (κ2) is 5.83. The van der Waals surface area contributed by atoms with Crippen LogP contribution in [0.2, 0.25) is 0 Å². The molecule has 1 aliphatic rings. The molecule has 0 radical (unpaired) electrons. The molecule has 20 heavy (non-hydrogen) atoms. The van der Waals surface area contributed by atoms with Crippen molar-refractivity contribution in [3.8, 4) is 5.75 Å². The maximum absolute atomic E-state index is 11.8. The summed E-state index contributed by atoms with van der Waals surface area (Å²) in [4.78, 5) is 11.8. The van der Waals surface area contributed by atoms with Crippen LogP contribution in [-0.4, -0.2) is 18.6 Å². The fourth-order valence-corrected chi connectivity index (χ4v) is 2.14. The molecule has 1 unspecified atom stereocenters. The van der Waals surface area contributed by atoms with Gasteiger partial charge in [0.1, 0.15) is 11.3 Å². The number of carbonyl (C=O) groups is 1. The van der Waals surface area contributed by atoms with E-state index in [1.54, 1.807) is 0 Å². The predicted octanol–water partition coefficient (Wildman–Crippen LogP) is 2.17. The van der Waals surface area contributed by atoms with Crippen molar-refractivity contribution >= 4 is 5.91 Å². The van der Waals surface area contributed by atoms with Gasteiger partial charge >= 0.3 is 0 Å². The maximum Gasteiger partial charge on any atom is 0.242 e. The number of hydrogen-bond donors (Lipinski definition) is 2. The third-order valence-electron chi connectivity index (χ3n) is 3.74. The lowest BCUT2D eigenvalue weighted by atomic mass is 9.91. The summed E-state index contributed by atoms with van der Waals surface area (Å²) in [7, 11) is 0. The van der Waals surface area contributed by atoms with E-state index in [9.17, 15) is 4.79 Å². The Morgan fingerprint density at radius 2 is 2.00 bits per heavy atom. The van der Waals surface area contributed by atoms with E-state index >= 15 is 0 Å². The van der Waals surface area contributed by atoms with Crippen LogP contribution in [0.25, 0.3) is 0 Å². The molecule has 0 aromatic heterocycles. The molecule has 1 atom stereocenters. The summed E-state index contributed by atoms with van der Waals surface area (Å²) >= 11 is 0. The summed E-state index contributed by atoms with van der Waals surface area (Å²) in [6, 6.07) is 7.58. The minimum Gasteiger partial charge on any atom is -0.491 e. The highest BCUT2D eigenvalue weighted by molar-refractivity contribution is 5.85. The van der Waals surface area contributed by atoms with Crippen LogP contribution in [0.1, 0.15) is 39.2 Å². The van der Waals surface area contributed by atoms with Gasteiger partial charge in [-0.15, -0.1) is 0 Å². The van der Waals surface area contributed by atoms with Crippen LogP contribution in [0.3, 0.4) is 0 Å². The Balaban J connectivity index is 2.13. The molecule has 4 nitrogen and oxygen atoms in total. The SMILES string of the molecule is CC(C)Oc1ccc(C(C)(NCC2CC2)C(N)=O)cc1. The molecule has 0 bridgehead atoms. The molecule has 1 aromatic rings. The lowest BCUT2D eigenvalue weighted by Crippen LogP contribution is -2.51. The quantitative estimate of drug-likeness (QED) is 0.802.